The highest BCUT2D eigenvalue weighted by Crippen LogP contribution is 2.12. The van der Waals surface area contributed by atoms with Crippen LogP contribution in [0.25, 0.3) is 10.9 Å². The molecule has 0 bridgehead atoms. The van der Waals surface area contributed by atoms with E-state index in [4.69, 9.17) is 0 Å². The van der Waals surface area contributed by atoms with E-state index in [-0.39, 0.29) is 5.56 Å². The number of nitrogens with one attached hydrogen (secondary N) is 1. The molecular weight excluding hydrogens is 250 g/mol. The maximum Gasteiger partial charge on any atom is 0.258 e. The molecule has 4 heteroatoms. The van der Waals surface area contributed by atoms with Crippen molar-refractivity contribution in [2.24, 2.45) is 5.92 Å². The summed E-state index contributed by atoms with van der Waals surface area (Å²) in [6.07, 6.45) is 1.13. The van der Waals surface area contributed by atoms with Gasteiger partial charge >= 0.3 is 0 Å². The summed E-state index contributed by atoms with van der Waals surface area (Å²) < 4.78 is 0. The van der Waals surface area contributed by atoms with Crippen molar-refractivity contribution in [3.8, 4) is 0 Å². The van der Waals surface area contributed by atoms with E-state index in [9.17, 15) is 4.79 Å². The molecule has 0 unspecified atom stereocenters. The third-order valence-corrected chi connectivity index (χ3v) is 3.63. The Bertz CT molecular complexity index is 633. The lowest BCUT2D eigenvalue weighted by atomic mass is 10.0. The van der Waals surface area contributed by atoms with Crippen molar-refractivity contribution in [1.29, 1.82) is 0 Å². The predicted octanol–water partition coefficient (Wildman–Crippen LogP) is 2.79. The molecule has 0 amide bonds. The molecule has 0 fully saturated rings. The van der Waals surface area contributed by atoms with Crippen molar-refractivity contribution in [3.63, 3.8) is 0 Å². The molecule has 0 spiro atoms. The van der Waals surface area contributed by atoms with Crippen LogP contribution in [0.15, 0.2) is 29.1 Å². The molecule has 1 aromatic carbocycles. The Balaban J connectivity index is 2.19. The molecule has 1 heterocycles. The number of fused-ring (bicyclic) bond motifs is 1. The van der Waals surface area contributed by atoms with E-state index in [0.29, 0.717) is 23.9 Å². The largest absolute Gasteiger partial charge is 0.309 e. The van der Waals surface area contributed by atoms with Gasteiger partial charge in [0.15, 0.2) is 0 Å². The van der Waals surface area contributed by atoms with E-state index in [2.05, 4.69) is 42.7 Å². The first kappa shape index (κ1) is 14.7. The van der Waals surface area contributed by atoms with E-state index in [1.165, 1.54) is 0 Å². The van der Waals surface area contributed by atoms with Gasteiger partial charge in [0.1, 0.15) is 5.82 Å². The molecule has 0 saturated carbocycles. The number of H-pyrrole nitrogens is 1. The standard InChI is InChI=1S/C16H23N3O/c1-11(2)9-12(3)19(4)10-15-17-14-8-6-5-7-13(14)16(20)18-15/h5-8,11-12H,9-10H2,1-4H3,(H,17,18,20)/t12-/m1/s1. The molecule has 1 N–H and O–H groups in total. The number of hydrogen-bond donors (Lipinski definition) is 1. The normalized spacial score (nSPS) is 13.3. The summed E-state index contributed by atoms with van der Waals surface area (Å²) in [5.41, 5.74) is 0.701. The van der Waals surface area contributed by atoms with Crippen molar-refractivity contribution >= 4 is 10.9 Å². The fraction of sp³-hybridized carbons (Fsp3) is 0.500. The van der Waals surface area contributed by atoms with Gasteiger partial charge in [0.25, 0.3) is 5.56 Å². The number of aromatic amines is 1. The number of rotatable bonds is 5. The first-order valence-electron chi connectivity index (χ1n) is 7.15. The number of nitrogens with zero attached hydrogens (tertiary/aromatic N) is 2. The van der Waals surface area contributed by atoms with Crippen molar-refractivity contribution in [2.75, 3.05) is 7.05 Å². The first-order valence-corrected chi connectivity index (χ1v) is 7.15. The van der Waals surface area contributed by atoms with Crippen LogP contribution in [0.1, 0.15) is 33.0 Å². The van der Waals surface area contributed by atoms with Crippen LogP contribution in [0.4, 0.5) is 0 Å². The van der Waals surface area contributed by atoms with Gasteiger partial charge in [-0.15, -0.1) is 0 Å². The Labute approximate surface area is 119 Å². The summed E-state index contributed by atoms with van der Waals surface area (Å²) in [5, 5.41) is 0.647. The average molecular weight is 273 g/mol. The molecule has 1 aromatic heterocycles. The van der Waals surface area contributed by atoms with E-state index in [0.717, 1.165) is 17.8 Å². The SMILES string of the molecule is CC(C)C[C@@H](C)N(C)Cc1nc2ccccc2c(=O)[nH]1. The second-order valence-electron chi connectivity index (χ2n) is 5.92. The van der Waals surface area contributed by atoms with Gasteiger partial charge in [-0.3, -0.25) is 9.69 Å². The third kappa shape index (κ3) is 3.45. The van der Waals surface area contributed by atoms with Gasteiger partial charge in [-0.2, -0.15) is 0 Å². The van der Waals surface area contributed by atoms with Gasteiger partial charge in [-0.1, -0.05) is 26.0 Å². The van der Waals surface area contributed by atoms with Crippen molar-refractivity contribution in [3.05, 3.63) is 40.4 Å². The summed E-state index contributed by atoms with van der Waals surface area (Å²) in [6, 6.07) is 7.91. The van der Waals surface area contributed by atoms with E-state index >= 15 is 0 Å². The molecule has 20 heavy (non-hydrogen) atoms. The van der Waals surface area contributed by atoms with Crippen molar-refractivity contribution < 1.29 is 0 Å². The summed E-state index contributed by atoms with van der Waals surface area (Å²) in [7, 11) is 2.07. The summed E-state index contributed by atoms with van der Waals surface area (Å²) in [6.45, 7) is 7.31. The van der Waals surface area contributed by atoms with Crippen LogP contribution < -0.4 is 5.56 Å². The van der Waals surface area contributed by atoms with Crippen LogP contribution in [0.5, 0.6) is 0 Å². The van der Waals surface area contributed by atoms with Crippen LogP contribution in [-0.2, 0) is 6.54 Å². The van der Waals surface area contributed by atoms with E-state index < -0.39 is 0 Å². The zero-order valence-electron chi connectivity index (χ0n) is 12.7. The monoisotopic (exact) mass is 273 g/mol. The Kier molecular flexibility index (Phi) is 4.55. The Morgan fingerprint density at radius 3 is 2.65 bits per heavy atom. The molecule has 0 saturated heterocycles. The van der Waals surface area contributed by atoms with Gasteiger partial charge in [-0.25, -0.2) is 4.98 Å². The fourth-order valence-corrected chi connectivity index (χ4v) is 2.46. The molecule has 108 valence electrons. The topological polar surface area (TPSA) is 49.0 Å². The number of para-hydroxylation sites is 1. The maximum absolute atomic E-state index is 12.0. The molecule has 4 nitrogen and oxygen atoms in total. The van der Waals surface area contributed by atoms with Crippen molar-refractivity contribution in [2.45, 2.75) is 39.8 Å². The second-order valence-corrected chi connectivity index (χ2v) is 5.92. The first-order chi connectivity index (χ1) is 9.47. The Hall–Kier alpha value is -1.68. The van der Waals surface area contributed by atoms with Crippen LogP contribution in [0, 0.1) is 5.92 Å². The Morgan fingerprint density at radius 2 is 1.95 bits per heavy atom. The van der Waals surface area contributed by atoms with Gasteiger partial charge < -0.3 is 4.98 Å². The third-order valence-electron chi connectivity index (χ3n) is 3.63. The lowest BCUT2D eigenvalue weighted by Gasteiger charge is -2.25. The number of aromatic nitrogens is 2. The minimum Gasteiger partial charge on any atom is -0.309 e. The van der Waals surface area contributed by atoms with Gasteiger partial charge in [0.05, 0.1) is 17.4 Å². The predicted molar refractivity (Wildman–Crippen MR) is 82.7 cm³/mol. The highest BCUT2D eigenvalue weighted by Gasteiger charge is 2.13. The summed E-state index contributed by atoms with van der Waals surface area (Å²) >= 11 is 0. The number of hydrogen-bond acceptors (Lipinski definition) is 3. The van der Waals surface area contributed by atoms with E-state index in [1.807, 2.05) is 18.2 Å². The summed E-state index contributed by atoms with van der Waals surface area (Å²) in [5.74, 6) is 1.39. The molecule has 0 radical (unpaired) electrons. The summed E-state index contributed by atoms with van der Waals surface area (Å²) in [4.78, 5) is 21.7. The second kappa shape index (κ2) is 6.18. The van der Waals surface area contributed by atoms with Gasteiger partial charge in [-0.05, 0) is 38.4 Å². The van der Waals surface area contributed by atoms with Crippen molar-refractivity contribution in [1.82, 2.24) is 14.9 Å². The quantitative estimate of drug-likeness (QED) is 0.911. The average Bonchev–Trinajstić information content (AvgIpc) is 2.38. The molecule has 2 rings (SSSR count). The molecular formula is C16H23N3O. The molecule has 2 aromatic rings. The lowest BCUT2D eigenvalue weighted by Crippen LogP contribution is -2.31. The minimum absolute atomic E-state index is 0.0597. The fourth-order valence-electron chi connectivity index (χ4n) is 2.46. The van der Waals surface area contributed by atoms with E-state index in [1.54, 1.807) is 6.07 Å². The van der Waals surface area contributed by atoms with Gasteiger partial charge in [0.2, 0.25) is 0 Å². The molecule has 0 aliphatic rings. The highest BCUT2D eigenvalue weighted by atomic mass is 16.1. The van der Waals surface area contributed by atoms with Crippen LogP contribution in [0.2, 0.25) is 0 Å². The van der Waals surface area contributed by atoms with Gasteiger partial charge in [0, 0.05) is 6.04 Å². The molecule has 1 atom stereocenters. The highest BCUT2D eigenvalue weighted by molar-refractivity contribution is 5.77. The number of benzene rings is 1. The van der Waals surface area contributed by atoms with Crippen LogP contribution in [0.3, 0.4) is 0 Å². The molecule has 0 aliphatic heterocycles. The lowest BCUT2D eigenvalue weighted by molar-refractivity contribution is 0.216. The Morgan fingerprint density at radius 1 is 1.25 bits per heavy atom. The smallest absolute Gasteiger partial charge is 0.258 e. The molecule has 0 aliphatic carbocycles. The maximum atomic E-state index is 12.0. The zero-order valence-corrected chi connectivity index (χ0v) is 12.7. The zero-order chi connectivity index (χ0) is 14.7. The minimum atomic E-state index is -0.0597. The van der Waals surface area contributed by atoms with Crippen LogP contribution >= 0.6 is 0 Å². The van der Waals surface area contributed by atoms with Crippen LogP contribution in [-0.4, -0.2) is 28.0 Å².